The van der Waals surface area contributed by atoms with Crippen LogP contribution in [0.1, 0.15) is 59.3 Å². The zero-order valence-electron chi connectivity index (χ0n) is 12.6. The lowest BCUT2D eigenvalue weighted by Crippen LogP contribution is -2.47. The lowest BCUT2D eigenvalue weighted by Gasteiger charge is -2.43. The fraction of sp³-hybridized carbons (Fsp3) is 1.00. The van der Waals surface area contributed by atoms with Gasteiger partial charge in [0.1, 0.15) is 9.84 Å². The summed E-state index contributed by atoms with van der Waals surface area (Å²) in [6, 6.07) is 0.238. The Labute approximate surface area is 118 Å². The predicted molar refractivity (Wildman–Crippen MR) is 80.4 cm³/mol. The molecule has 1 rings (SSSR count). The molecule has 4 nitrogen and oxygen atoms in total. The molecule has 0 radical (unpaired) electrons. The maximum atomic E-state index is 11.5. The van der Waals surface area contributed by atoms with Gasteiger partial charge in [-0.05, 0) is 37.0 Å². The minimum Gasteiger partial charge on any atom is -0.271 e. The third-order valence-electron chi connectivity index (χ3n) is 4.70. The van der Waals surface area contributed by atoms with Gasteiger partial charge in [-0.3, -0.25) is 11.3 Å². The van der Waals surface area contributed by atoms with Gasteiger partial charge in [0, 0.05) is 11.8 Å². The van der Waals surface area contributed by atoms with Crippen molar-refractivity contribution in [2.45, 2.75) is 65.3 Å². The third kappa shape index (κ3) is 5.04. The second-order valence-electron chi connectivity index (χ2n) is 6.49. The zero-order chi connectivity index (χ0) is 14.5. The fourth-order valence-corrected chi connectivity index (χ4v) is 4.23. The van der Waals surface area contributed by atoms with Crippen LogP contribution >= 0.6 is 0 Å². The Balaban J connectivity index is 2.53. The van der Waals surface area contributed by atoms with Crippen LogP contribution in [0.3, 0.4) is 0 Å². The van der Waals surface area contributed by atoms with Gasteiger partial charge >= 0.3 is 0 Å². The highest BCUT2D eigenvalue weighted by atomic mass is 32.2. The molecule has 0 aromatic heterocycles. The Morgan fingerprint density at radius 1 is 1.37 bits per heavy atom. The predicted octanol–water partition coefficient (Wildman–Crippen LogP) is 2.25. The van der Waals surface area contributed by atoms with E-state index in [0.717, 1.165) is 6.42 Å². The summed E-state index contributed by atoms with van der Waals surface area (Å²) < 4.78 is 23.0. The van der Waals surface area contributed by atoms with Gasteiger partial charge in [-0.25, -0.2) is 8.42 Å². The van der Waals surface area contributed by atoms with Crippen LogP contribution in [0.2, 0.25) is 0 Å². The van der Waals surface area contributed by atoms with Gasteiger partial charge in [-0.2, -0.15) is 0 Å². The molecule has 1 aliphatic carbocycles. The second kappa shape index (κ2) is 7.04. The SMILES string of the molecule is CCS(=O)(=O)CCCC(NN)C1CCCCC1(C)C. The van der Waals surface area contributed by atoms with Crippen molar-refractivity contribution in [2.75, 3.05) is 11.5 Å². The van der Waals surface area contributed by atoms with Crippen molar-refractivity contribution in [1.82, 2.24) is 5.43 Å². The molecule has 19 heavy (non-hydrogen) atoms. The molecular weight excluding hydrogens is 260 g/mol. The van der Waals surface area contributed by atoms with Crippen LogP contribution in [0.15, 0.2) is 0 Å². The maximum Gasteiger partial charge on any atom is 0.150 e. The molecule has 1 saturated carbocycles. The van der Waals surface area contributed by atoms with Crippen molar-refractivity contribution in [2.24, 2.45) is 17.2 Å². The summed E-state index contributed by atoms with van der Waals surface area (Å²) >= 11 is 0. The molecule has 2 unspecified atom stereocenters. The van der Waals surface area contributed by atoms with E-state index in [1.165, 1.54) is 25.7 Å². The highest BCUT2D eigenvalue weighted by Crippen LogP contribution is 2.43. The van der Waals surface area contributed by atoms with Crippen molar-refractivity contribution in [1.29, 1.82) is 0 Å². The smallest absolute Gasteiger partial charge is 0.150 e. The molecule has 2 atom stereocenters. The summed E-state index contributed by atoms with van der Waals surface area (Å²) in [6.45, 7) is 6.33. The van der Waals surface area contributed by atoms with Gasteiger partial charge in [0.15, 0.2) is 0 Å². The lowest BCUT2D eigenvalue weighted by atomic mass is 9.65. The molecule has 0 saturated heterocycles. The summed E-state index contributed by atoms with van der Waals surface area (Å²) in [7, 11) is -2.85. The van der Waals surface area contributed by atoms with Crippen molar-refractivity contribution in [3.8, 4) is 0 Å². The third-order valence-corrected chi connectivity index (χ3v) is 6.49. The van der Waals surface area contributed by atoms with E-state index >= 15 is 0 Å². The van der Waals surface area contributed by atoms with Crippen molar-refractivity contribution >= 4 is 9.84 Å². The molecule has 0 spiro atoms. The molecule has 0 aromatic carbocycles. The quantitative estimate of drug-likeness (QED) is 0.557. The number of hydrogen-bond acceptors (Lipinski definition) is 4. The minimum absolute atomic E-state index is 0.238. The summed E-state index contributed by atoms with van der Waals surface area (Å²) in [4.78, 5) is 0. The maximum absolute atomic E-state index is 11.5. The normalized spacial score (nSPS) is 25.2. The van der Waals surface area contributed by atoms with Gasteiger partial charge in [0.25, 0.3) is 0 Å². The van der Waals surface area contributed by atoms with Crippen molar-refractivity contribution in [3.05, 3.63) is 0 Å². The van der Waals surface area contributed by atoms with Crippen molar-refractivity contribution < 1.29 is 8.42 Å². The first-order chi connectivity index (χ1) is 8.82. The number of sulfone groups is 1. The molecule has 0 amide bonds. The average Bonchev–Trinajstić information content (AvgIpc) is 2.35. The Hall–Kier alpha value is -0.130. The van der Waals surface area contributed by atoms with Crippen LogP contribution in [-0.4, -0.2) is 26.0 Å². The van der Waals surface area contributed by atoms with E-state index in [1.54, 1.807) is 6.92 Å². The molecule has 0 bridgehead atoms. The van der Waals surface area contributed by atoms with Crippen LogP contribution in [0.5, 0.6) is 0 Å². The first kappa shape index (κ1) is 16.9. The molecule has 1 fully saturated rings. The van der Waals surface area contributed by atoms with Gasteiger partial charge in [-0.1, -0.05) is 33.6 Å². The summed E-state index contributed by atoms with van der Waals surface area (Å²) in [6.07, 6.45) is 6.55. The lowest BCUT2D eigenvalue weighted by molar-refractivity contribution is 0.0945. The molecule has 114 valence electrons. The molecular formula is C14H30N2O2S. The number of hydrogen-bond donors (Lipinski definition) is 2. The van der Waals surface area contributed by atoms with E-state index in [1.807, 2.05) is 0 Å². The first-order valence-electron chi connectivity index (χ1n) is 7.49. The summed E-state index contributed by atoms with van der Waals surface area (Å²) in [5, 5.41) is 0. The van der Waals surface area contributed by atoms with Crippen LogP contribution in [-0.2, 0) is 9.84 Å². The summed E-state index contributed by atoms with van der Waals surface area (Å²) in [5.74, 6) is 6.78. The van der Waals surface area contributed by atoms with E-state index in [9.17, 15) is 8.42 Å². The van der Waals surface area contributed by atoms with Crippen LogP contribution in [0, 0.1) is 11.3 Å². The van der Waals surface area contributed by atoms with Gasteiger partial charge in [-0.15, -0.1) is 0 Å². The molecule has 0 heterocycles. The highest BCUT2D eigenvalue weighted by molar-refractivity contribution is 7.91. The summed E-state index contributed by atoms with van der Waals surface area (Å²) in [5.41, 5.74) is 3.24. The largest absolute Gasteiger partial charge is 0.271 e. The van der Waals surface area contributed by atoms with Gasteiger partial charge in [0.05, 0.1) is 5.75 Å². The van der Waals surface area contributed by atoms with E-state index in [4.69, 9.17) is 5.84 Å². The van der Waals surface area contributed by atoms with Crippen LogP contribution in [0.4, 0.5) is 0 Å². The van der Waals surface area contributed by atoms with Crippen LogP contribution in [0.25, 0.3) is 0 Å². The molecule has 1 aliphatic rings. The van der Waals surface area contributed by atoms with E-state index in [2.05, 4.69) is 19.3 Å². The molecule has 5 heteroatoms. The number of rotatable bonds is 7. The zero-order valence-corrected chi connectivity index (χ0v) is 13.4. The fourth-order valence-electron chi connectivity index (χ4n) is 3.33. The Morgan fingerprint density at radius 2 is 2.05 bits per heavy atom. The topological polar surface area (TPSA) is 72.2 Å². The van der Waals surface area contributed by atoms with Gasteiger partial charge in [0.2, 0.25) is 0 Å². The Kier molecular flexibility index (Phi) is 6.27. The Bertz CT molecular complexity index is 366. The van der Waals surface area contributed by atoms with E-state index in [0.29, 0.717) is 17.8 Å². The Morgan fingerprint density at radius 3 is 2.58 bits per heavy atom. The molecule has 0 aromatic rings. The number of hydrazine groups is 1. The first-order valence-corrected chi connectivity index (χ1v) is 9.31. The molecule has 0 aliphatic heterocycles. The number of nitrogens with one attached hydrogen (secondary N) is 1. The van der Waals surface area contributed by atoms with E-state index in [-0.39, 0.29) is 17.5 Å². The number of nitrogens with two attached hydrogens (primary N) is 1. The molecule has 3 N–H and O–H groups in total. The van der Waals surface area contributed by atoms with Crippen molar-refractivity contribution in [3.63, 3.8) is 0 Å². The monoisotopic (exact) mass is 290 g/mol. The average molecular weight is 290 g/mol. The standard InChI is InChI=1S/C14H30N2O2S/c1-4-19(17,18)11-7-9-13(16-15)12-8-5-6-10-14(12,2)3/h12-13,16H,4-11,15H2,1-3H3. The highest BCUT2D eigenvalue weighted by Gasteiger charge is 2.36. The van der Waals surface area contributed by atoms with Crippen LogP contribution < -0.4 is 11.3 Å². The second-order valence-corrected chi connectivity index (χ2v) is 8.97. The van der Waals surface area contributed by atoms with Gasteiger partial charge < -0.3 is 0 Å². The van der Waals surface area contributed by atoms with E-state index < -0.39 is 9.84 Å². The minimum atomic E-state index is -2.85.